The molecule has 0 saturated heterocycles. The fraction of sp³-hybridized carbons (Fsp3) is 0.211. The average Bonchev–Trinajstić information content (AvgIpc) is 3.30. The molecule has 27 heavy (non-hydrogen) atoms. The number of aromatic nitrogens is 6. The van der Waals surface area contributed by atoms with Gasteiger partial charge in [0.15, 0.2) is 11.5 Å². The van der Waals surface area contributed by atoms with Gasteiger partial charge in [-0.2, -0.15) is 20.4 Å². The minimum atomic E-state index is 0.283. The minimum Gasteiger partial charge on any atom is -0.307 e. The van der Waals surface area contributed by atoms with Crippen molar-refractivity contribution in [2.24, 2.45) is 0 Å². The number of hydrogen-bond donors (Lipinski definition) is 1. The molecule has 0 atom stereocenters. The molecular formula is C19H18N8. The van der Waals surface area contributed by atoms with E-state index in [9.17, 15) is 5.26 Å². The van der Waals surface area contributed by atoms with E-state index < -0.39 is 0 Å². The molecule has 8 heteroatoms. The number of benzene rings is 1. The van der Waals surface area contributed by atoms with Gasteiger partial charge in [0.05, 0.1) is 29.8 Å². The van der Waals surface area contributed by atoms with E-state index in [4.69, 9.17) is 0 Å². The fourth-order valence-electron chi connectivity index (χ4n) is 2.78. The summed E-state index contributed by atoms with van der Waals surface area (Å²) in [5.41, 5.74) is 2.23. The molecule has 0 spiro atoms. The van der Waals surface area contributed by atoms with Crippen LogP contribution in [0, 0.1) is 11.3 Å². The van der Waals surface area contributed by atoms with Crippen molar-refractivity contribution in [2.45, 2.75) is 26.4 Å². The molecule has 0 amide bonds. The van der Waals surface area contributed by atoms with Gasteiger partial charge in [0.25, 0.3) is 0 Å². The van der Waals surface area contributed by atoms with Gasteiger partial charge in [-0.25, -0.2) is 9.67 Å². The van der Waals surface area contributed by atoms with E-state index in [1.807, 2.05) is 35.1 Å². The molecule has 0 radical (unpaired) electrons. The summed E-state index contributed by atoms with van der Waals surface area (Å²) in [4.78, 5) is 8.92. The average molecular weight is 358 g/mol. The lowest BCUT2D eigenvalue weighted by Crippen LogP contribution is -2.06. The molecular weight excluding hydrogens is 340 g/mol. The maximum Gasteiger partial charge on any atom is 0.230 e. The van der Waals surface area contributed by atoms with Gasteiger partial charge in [-0.1, -0.05) is 18.2 Å². The van der Waals surface area contributed by atoms with E-state index in [2.05, 4.69) is 45.4 Å². The van der Waals surface area contributed by atoms with Crippen LogP contribution in [0.4, 0.5) is 11.8 Å². The van der Waals surface area contributed by atoms with Crippen molar-refractivity contribution in [3.05, 3.63) is 60.0 Å². The highest BCUT2D eigenvalue weighted by Gasteiger charge is 2.10. The molecule has 0 bridgehead atoms. The van der Waals surface area contributed by atoms with Crippen LogP contribution in [0.2, 0.25) is 0 Å². The maximum absolute atomic E-state index is 9.29. The number of nitrogens with one attached hydrogen (secondary N) is 1. The molecule has 0 aliphatic rings. The SMILES string of the molecule is CC(C)n1ccc(Nc2ncc3cnn(Cc4ccccc4C#N)c3n2)n1. The van der Waals surface area contributed by atoms with E-state index in [0.717, 1.165) is 10.9 Å². The van der Waals surface area contributed by atoms with Gasteiger partial charge in [0.2, 0.25) is 5.95 Å². The Labute approximate surface area is 156 Å². The summed E-state index contributed by atoms with van der Waals surface area (Å²) in [6.45, 7) is 4.60. The quantitative estimate of drug-likeness (QED) is 0.588. The Balaban J connectivity index is 1.63. The molecule has 3 heterocycles. The Morgan fingerprint density at radius 1 is 1.19 bits per heavy atom. The number of rotatable bonds is 5. The highest BCUT2D eigenvalue weighted by molar-refractivity contribution is 5.75. The van der Waals surface area contributed by atoms with Crippen LogP contribution in [-0.4, -0.2) is 29.5 Å². The molecule has 8 nitrogen and oxygen atoms in total. The van der Waals surface area contributed by atoms with Crippen LogP contribution in [0.15, 0.2) is 48.9 Å². The van der Waals surface area contributed by atoms with Gasteiger partial charge in [0, 0.05) is 24.5 Å². The Morgan fingerprint density at radius 3 is 2.81 bits per heavy atom. The second kappa shape index (κ2) is 6.88. The smallest absolute Gasteiger partial charge is 0.230 e. The van der Waals surface area contributed by atoms with Crippen molar-refractivity contribution in [1.82, 2.24) is 29.5 Å². The van der Waals surface area contributed by atoms with Crippen LogP contribution in [0.5, 0.6) is 0 Å². The van der Waals surface area contributed by atoms with Crippen LogP contribution in [0.25, 0.3) is 11.0 Å². The zero-order valence-electron chi connectivity index (χ0n) is 15.0. The maximum atomic E-state index is 9.29. The molecule has 0 fully saturated rings. The summed E-state index contributed by atoms with van der Waals surface area (Å²) in [5.74, 6) is 1.13. The molecule has 0 aliphatic heterocycles. The highest BCUT2D eigenvalue weighted by Crippen LogP contribution is 2.18. The Morgan fingerprint density at radius 2 is 2.04 bits per heavy atom. The van der Waals surface area contributed by atoms with Gasteiger partial charge < -0.3 is 5.32 Å². The predicted octanol–water partition coefficient (Wildman–Crippen LogP) is 3.27. The van der Waals surface area contributed by atoms with E-state index in [1.165, 1.54) is 0 Å². The first-order valence-corrected chi connectivity index (χ1v) is 8.63. The zero-order chi connectivity index (χ0) is 18.8. The summed E-state index contributed by atoms with van der Waals surface area (Å²) < 4.78 is 3.63. The number of nitrogens with zero attached hydrogens (tertiary/aromatic N) is 7. The first-order valence-electron chi connectivity index (χ1n) is 8.63. The summed E-state index contributed by atoms with van der Waals surface area (Å²) in [6.07, 6.45) is 5.36. The number of fused-ring (bicyclic) bond motifs is 1. The third-order valence-corrected chi connectivity index (χ3v) is 4.21. The van der Waals surface area contributed by atoms with Gasteiger partial charge >= 0.3 is 0 Å². The van der Waals surface area contributed by atoms with Crippen molar-refractivity contribution in [2.75, 3.05) is 5.32 Å². The molecule has 0 aliphatic carbocycles. The largest absolute Gasteiger partial charge is 0.307 e. The lowest BCUT2D eigenvalue weighted by molar-refractivity contribution is 0.534. The Bertz CT molecular complexity index is 1130. The number of hydrogen-bond acceptors (Lipinski definition) is 6. The van der Waals surface area contributed by atoms with Crippen LogP contribution in [-0.2, 0) is 6.54 Å². The van der Waals surface area contributed by atoms with Crippen LogP contribution >= 0.6 is 0 Å². The van der Waals surface area contributed by atoms with E-state index >= 15 is 0 Å². The second-order valence-electron chi connectivity index (χ2n) is 6.44. The highest BCUT2D eigenvalue weighted by atomic mass is 15.3. The summed E-state index contributed by atoms with van der Waals surface area (Å²) in [6, 6.07) is 11.9. The molecule has 1 N–H and O–H groups in total. The molecule has 0 saturated carbocycles. The van der Waals surface area contributed by atoms with Gasteiger partial charge in [-0.3, -0.25) is 4.68 Å². The summed E-state index contributed by atoms with van der Waals surface area (Å²) in [5, 5.41) is 22.1. The molecule has 4 rings (SSSR count). The fourth-order valence-corrected chi connectivity index (χ4v) is 2.78. The Kier molecular flexibility index (Phi) is 4.26. The van der Waals surface area contributed by atoms with Crippen molar-refractivity contribution < 1.29 is 0 Å². The normalized spacial score (nSPS) is 11.0. The van der Waals surface area contributed by atoms with Crippen LogP contribution in [0.1, 0.15) is 31.0 Å². The van der Waals surface area contributed by atoms with Crippen molar-refractivity contribution >= 4 is 22.8 Å². The van der Waals surface area contributed by atoms with Crippen LogP contribution in [0.3, 0.4) is 0 Å². The van der Waals surface area contributed by atoms with Crippen molar-refractivity contribution in [1.29, 1.82) is 5.26 Å². The molecule has 1 aromatic carbocycles. The molecule has 134 valence electrons. The number of anilines is 2. The standard InChI is InChI=1S/C19H18N8/c1-13(2)26-8-7-17(25-26)23-19-21-10-16-11-22-27(18(16)24-19)12-15-6-4-3-5-14(15)9-20/h3-8,10-11,13H,12H2,1-2H3,(H,21,23,24,25). The predicted molar refractivity (Wildman–Crippen MR) is 101 cm³/mol. The van der Waals surface area contributed by atoms with E-state index in [0.29, 0.717) is 29.5 Å². The Hall–Kier alpha value is -3.73. The van der Waals surface area contributed by atoms with Gasteiger partial charge in [-0.05, 0) is 25.5 Å². The second-order valence-corrected chi connectivity index (χ2v) is 6.44. The number of nitriles is 1. The summed E-state index contributed by atoms with van der Waals surface area (Å²) in [7, 11) is 0. The zero-order valence-corrected chi connectivity index (χ0v) is 15.0. The van der Waals surface area contributed by atoms with Gasteiger partial charge in [-0.15, -0.1) is 0 Å². The first kappa shape index (κ1) is 16.7. The van der Waals surface area contributed by atoms with Crippen molar-refractivity contribution in [3.63, 3.8) is 0 Å². The monoisotopic (exact) mass is 358 g/mol. The third kappa shape index (κ3) is 3.35. The molecule has 4 aromatic rings. The molecule has 0 unspecified atom stereocenters. The van der Waals surface area contributed by atoms with Crippen LogP contribution < -0.4 is 5.32 Å². The lowest BCUT2D eigenvalue weighted by atomic mass is 10.1. The summed E-state index contributed by atoms with van der Waals surface area (Å²) >= 11 is 0. The molecule has 3 aromatic heterocycles. The third-order valence-electron chi connectivity index (χ3n) is 4.21. The van der Waals surface area contributed by atoms with E-state index in [1.54, 1.807) is 23.1 Å². The minimum absolute atomic E-state index is 0.283. The topological polar surface area (TPSA) is 97.2 Å². The van der Waals surface area contributed by atoms with Gasteiger partial charge in [0.1, 0.15) is 0 Å². The first-order chi connectivity index (χ1) is 13.1. The lowest BCUT2D eigenvalue weighted by Gasteiger charge is -2.07. The van der Waals surface area contributed by atoms with E-state index in [-0.39, 0.29) is 6.04 Å². The van der Waals surface area contributed by atoms with Crippen molar-refractivity contribution in [3.8, 4) is 6.07 Å².